The summed E-state index contributed by atoms with van der Waals surface area (Å²) in [5.74, 6) is -0.962. The number of unbranched alkanes of at least 4 members (excludes halogenated alkanes) is 5. The fraction of sp³-hybridized carbons (Fsp3) is 0.906. The Morgan fingerprint density at radius 1 is 1.06 bits per heavy atom. The van der Waals surface area contributed by atoms with E-state index < -0.39 is 51.4 Å². The molecule has 5 N–H and O–H groups in total. The molecule has 1 aliphatic heterocycles. The van der Waals surface area contributed by atoms with Gasteiger partial charge in [-0.25, -0.2) is 23.5 Å². The zero-order valence-electron chi connectivity index (χ0n) is 29.8. The van der Waals surface area contributed by atoms with Crippen molar-refractivity contribution in [3.8, 4) is 0 Å². The average molecular weight is 699 g/mol. The van der Waals surface area contributed by atoms with E-state index in [-0.39, 0.29) is 60.7 Å². The number of hydrazine groups is 1. The summed E-state index contributed by atoms with van der Waals surface area (Å²) < 4.78 is 38.4. The summed E-state index contributed by atoms with van der Waals surface area (Å²) >= 11 is 0. The van der Waals surface area contributed by atoms with Crippen molar-refractivity contribution in [2.75, 3.05) is 18.1 Å². The molecular formula is C32H59BN6O8S. The molecule has 6 atom stereocenters. The number of hydrogen-bond donors (Lipinski definition) is 4. The van der Waals surface area contributed by atoms with Gasteiger partial charge in [0.25, 0.3) is 5.96 Å². The Kier molecular flexibility index (Phi) is 14.5. The topological polar surface area (TPSA) is 204 Å². The van der Waals surface area contributed by atoms with Crippen molar-refractivity contribution < 1.29 is 32.3 Å². The molecule has 0 aromatic rings. The van der Waals surface area contributed by atoms with Gasteiger partial charge in [0.2, 0.25) is 11.8 Å². The molecule has 0 aromatic carbocycles. The molecule has 0 aromatic heterocycles. The van der Waals surface area contributed by atoms with E-state index in [0.29, 0.717) is 24.7 Å². The molecule has 274 valence electrons. The van der Waals surface area contributed by atoms with E-state index in [1.165, 1.54) is 0 Å². The van der Waals surface area contributed by atoms with Gasteiger partial charge in [0.1, 0.15) is 6.04 Å². The van der Waals surface area contributed by atoms with Crippen LogP contribution in [0.3, 0.4) is 0 Å². The Balaban J connectivity index is 1.64. The highest BCUT2D eigenvalue weighted by atomic mass is 32.2. The van der Waals surface area contributed by atoms with E-state index in [1.54, 1.807) is 5.43 Å². The van der Waals surface area contributed by atoms with Crippen molar-refractivity contribution >= 4 is 34.7 Å². The van der Waals surface area contributed by atoms with Crippen LogP contribution in [-0.2, 0) is 28.7 Å². The number of hydrogen-bond acceptors (Lipinski definition) is 9. The fourth-order valence-electron chi connectivity index (χ4n) is 7.71. The largest absolute Gasteiger partial charge is 0.481 e. The number of nitro groups is 1. The Morgan fingerprint density at radius 2 is 1.75 bits per heavy atom. The lowest BCUT2D eigenvalue weighted by Gasteiger charge is -2.64. The van der Waals surface area contributed by atoms with Gasteiger partial charge in [-0.2, -0.15) is 0 Å². The highest BCUT2D eigenvalue weighted by Gasteiger charge is 2.68. The van der Waals surface area contributed by atoms with Crippen molar-refractivity contribution in [2.45, 2.75) is 142 Å². The maximum Gasteiger partial charge on any atom is 0.481 e. The van der Waals surface area contributed by atoms with Gasteiger partial charge in [-0.05, 0) is 68.6 Å². The molecule has 2 bridgehead atoms. The quantitative estimate of drug-likeness (QED) is 0.0344. The summed E-state index contributed by atoms with van der Waals surface area (Å²) in [5, 5.41) is 15.6. The van der Waals surface area contributed by atoms with E-state index >= 15 is 0 Å². The van der Waals surface area contributed by atoms with E-state index in [0.717, 1.165) is 44.9 Å². The Bertz CT molecular complexity index is 1250. The molecular weight excluding hydrogens is 639 g/mol. The molecule has 14 nitrogen and oxygen atoms in total. The average Bonchev–Trinajstić information content (AvgIpc) is 3.35. The summed E-state index contributed by atoms with van der Waals surface area (Å²) in [5.41, 5.74) is 7.00. The number of carbonyl (C=O) groups is 2. The standard InChI is InChI=1S/C32H59BN6O8S/c1-7-8-9-10-11-12-17-48(44,45)18-15-28(40)36-24(14-13-16-35-30(34)38-39(42)43)29(41)37-27(19-22(2)3)33-46-26-21-23-20-25(31(23,4)5)32(26,6)47-33/h22-27H,7-21H2,1-6H3,(H,36,40)(H,37,41)(H3,34,35,38)/t23-,24+,25-,26-,27+,32+/m1/s1. The molecule has 3 aliphatic carbocycles. The van der Waals surface area contributed by atoms with Gasteiger partial charge in [0.15, 0.2) is 14.9 Å². The minimum Gasteiger partial charge on any atom is -0.404 e. The summed E-state index contributed by atoms with van der Waals surface area (Å²) in [6, 6.07) is -1.00. The summed E-state index contributed by atoms with van der Waals surface area (Å²) in [4.78, 5) is 41.3. The molecule has 3 saturated carbocycles. The number of carbonyl (C=O) groups excluding carboxylic acids is 2. The lowest BCUT2D eigenvalue weighted by atomic mass is 9.43. The van der Waals surface area contributed by atoms with Crippen LogP contribution in [0.15, 0.2) is 4.99 Å². The SMILES string of the molecule is CCCCCCCCS(=O)(=O)CCC(=O)N[C@@H](CCCN=C(N)N[N+](=O)[O-])C(=O)N[C@@H](CC(C)C)B1O[C@@H]2C[C@H]3C[C@H](C3(C)C)[C@]2(C)O1. The van der Waals surface area contributed by atoms with Crippen molar-refractivity contribution in [1.82, 2.24) is 16.1 Å². The maximum absolute atomic E-state index is 13.8. The van der Waals surface area contributed by atoms with Crippen molar-refractivity contribution in [1.29, 1.82) is 0 Å². The third kappa shape index (κ3) is 11.0. The van der Waals surface area contributed by atoms with Crippen LogP contribution in [-0.4, -0.2) is 80.1 Å². The molecule has 2 amide bonds. The third-order valence-electron chi connectivity index (χ3n) is 10.6. The van der Waals surface area contributed by atoms with E-state index in [4.69, 9.17) is 15.0 Å². The first-order chi connectivity index (χ1) is 22.5. The summed E-state index contributed by atoms with van der Waals surface area (Å²) in [6.45, 7) is 13.0. The Hall–Kier alpha value is -2.46. The Morgan fingerprint density at radius 3 is 2.40 bits per heavy atom. The van der Waals surface area contributed by atoms with Gasteiger partial charge in [-0.3, -0.25) is 9.59 Å². The predicted molar refractivity (Wildman–Crippen MR) is 186 cm³/mol. The fourth-order valence-corrected chi connectivity index (χ4v) is 9.06. The first kappa shape index (κ1) is 40.0. The number of aliphatic imine (C=N–C) groups is 1. The number of nitrogens with two attached hydrogens (primary N) is 1. The highest BCUT2D eigenvalue weighted by Crippen LogP contribution is 2.65. The number of rotatable bonds is 21. The lowest BCUT2D eigenvalue weighted by Crippen LogP contribution is -2.65. The number of nitrogens with zero attached hydrogens (tertiary/aromatic N) is 2. The lowest BCUT2D eigenvalue weighted by molar-refractivity contribution is -0.525. The molecule has 48 heavy (non-hydrogen) atoms. The smallest absolute Gasteiger partial charge is 0.404 e. The van der Waals surface area contributed by atoms with Crippen LogP contribution in [0.5, 0.6) is 0 Å². The van der Waals surface area contributed by atoms with Gasteiger partial charge >= 0.3 is 7.12 Å². The van der Waals surface area contributed by atoms with Crippen LogP contribution >= 0.6 is 0 Å². The first-order valence-electron chi connectivity index (χ1n) is 17.8. The number of nitrogens with one attached hydrogen (secondary N) is 3. The molecule has 1 saturated heterocycles. The second-order valence-corrected chi connectivity index (χ2v) is 17.5. The molecule has 0 unspecified atom stereocenters. The first-order valence-corrected chi connectivity index (χ1v) is 19.6. The zero-order chi connectivity index (χ0) is 35.7. The number of amides is 2. The molecule has 0 radical (unpaired) electrons. The molecule has 4 fully saturated rings. The van der Waals surface area contributed by atoms with Crippen LogP contribution in [0.2, 0.25) is 0 Å². The molecule has 0 spiro atoms. The van der Waals surface area contributed by atoms with E-state index in [2.05, 4.69) is 57.2 Å². The minimum absolute atomic E-state index is 0.0326. The van der Waals surface area contributed by atoms with Crippen molar-refractivity contribution in [3.05, 3.63) is 10.1 Å². The second kappa shape index (κ2) is 17.5. The molecule has 4 rings (SSSR count). The van der Waals surface area contributed by atoms with Crippen LogP contribution < -0.4 is 21.8 Å². The monoisotopic (exact) mass is 698 g/mol. The highest BCUT2D eigenvalue weighted by molar-refractivity contribution is 7.91. The van der Waals surface area contributed by atoms with Crippen molar-refractivity contribution in [3.63, 3.8) is 0 Å². The van der Waals surface area contributed by atoms with Gasteiger partial charge in [-0.1, -0.05) is 72.1 Å². The van der Waals surface area contributed by atoms with Gasteiger partial charge in [-0.15, -0.1) is 0 Å². The number of sulfone groups is 1. The molecule has 16 heteroatoms. The van der Waals surface area contributed by atoms with Crippen LogP contribution in [0.25, 0.3) is 0 Å². The normalized spacial score (nSPS) is 25.9. The minimum atomic E-state index is -3.42. The van der Waals surface area contributed by atoms with Gasteiger partial charge < -0.3 is 25.7 Å². The molecule has 4 aliphatic rings. The van der Waals surface area contributed by atoms with Crippen LogP contribution in [0.1, 0.15) is 119 Å². The summed E-state index contributed by atoms with van der Waals surface area (Å²) in [6.07, 6.45) is 8.43. The Labute approximate surface area is 287 Å². The third-order valence-corrected chi connectivity index (χ3v) is 12.3. The number of guanidine groups is 1. The maximum atomic E-state index is 13.8. The van der Waals surface area contributed by atoms with Gasteiger partial charge in [0, 0.05) is 13.0 Å². The van der Waals surface area contributed by atoms with Gasteiger partial charge in [0.05, 0.1) is 29.2 Å². The zero-order valence-corrected chi connectivity index (χ0v) is 30.6. The predicted octanol–water partition coefficient (Wildman–Crippen LogP) is 3.31. The van der Waals surface area contributed by atoms with E-state index in [9.17, 15) is 28.1 Å². The molecule has 1 heterocycles. The second-order valence-electron chi connectivity index (χ2n) is 15.1. The van der Waals surface area contributed by atoms with Crippen LogP contribution in [0, 0.1) is 33.3 Å². The van der Waals surface area contributed by atoms with E-state index in [1.807, 2.05) is 0 Å². The summed E-state index contributed by atoms with van der Waals surface area (Å²) in [7, 11) is -4.07. The van der Waals surface area contributed by atoms with Crippen molar-refractivity contribution in [2.24, 2.45) is 33.9 Å². The van der Waals surface area contributed by atoms with Crippen LogP contribution in [0.4, 0.5) is 0 Å².